The molecule has 6 nitrogen and oxygen atoms in total. The minimum Gasteiger partial charge on any atom is -0.356 e. The van der Waals surface area contributed by atoms with Crippen LogP contribution in [0.15, 0.2) is 14.1 Å². The van der Waals surface area contributed by atoms with Gasteiger partial charge in [-0.05, 0) is 35.8 Å². The van der Waals surface area contributed by atoms with Gasteiger partial charge in [-0.15, -0.1) is 11.3 Å². The fourth-order valence-electron chi connectivity index (χ4n) is 1.17. The van der Waals surface area contributed by atoms with Crippen molar-refractivity contribution >= 4 is 37.3 Å². The van der Waals surface area contributed by atoms with Gasteiger partial charge in [0.2, 0.25) is 10.0 Å². The second-order valence-corrected chi connectivity index (χ2v) is 7.89. The number of thiophene rings is 1. The topological polar surface area (TPSA) is 87.8 Å². The van der Waals surface area contributed by atoms with Gasteiger partial charge in [-0.2, -0.15) is 0 Å². The first kappa shape index (κ1) is 17.0. The number of halogens is 1. The van der Waals surface area contributed by atoms with E-state index in [9.17, 15) is 8.42 Å². The molecule has 0 aliphatic carbocycles. The molecule has 2 unspecified atom stereocenters. The van der Waals surface area contributed by atoms with Gasteiger partial charge >= 0.3 is 0 Å². The molecule has 0 aliphatic rings. The Kier molecular flexibility index (Phi) is 6.37. The normalized spacial score (nSPS) is 15.4. The molecule has 0 radical (unpaired) electrons. The van der Waals surface area contributed by atoms with E-state index < -0.39 is 10.0 Å². The molecule has 2 atom stereocenters. The molecule has 0 spiro atoms. The highest BCUT2D eigenvalue weighted by atomic mass is 79.9. The van der Waals surface area contributed by atoms with Crippen molar-refractivity contribution in [2.24, 2.45) is 5.14 Å². The van der Waals surface area contributed by atoms with Crippen molar-refractivity contribution in [3.63, 3.8) is 0 Å². The third-order valence-corrected chi connectivity index (χ3v) is 5.66. The highest BCUT2D eigenvalue weighted by Crippen LogP contribution is 2.35. The summed E-state index contributed by atoms with van der Waals surface area (Å²) in [7, 11) is -2.16. The average molecular weight is 374 g/mol. The highest BCUT2D eigenvalue weighted by molar-refractivity contribution is 9.11. The Bertz CT molecular complexity index is 516. The number of rotatable bonds is 7. The lowest BCUT2D eigenvalue weighted by atomic mass is 10.2. The van der Waals surface area contributed by atoms with Crippen LogP contribution in [-0.4, -0.2) is 28.6 Å². The van der Waals surface area contributed by atoms with E-state index in [2.05, 4.69) is 15.9 Å². The first-order valence-electron chi connectivity index (χ1n) is 5.33. The maximum absolute atomic E-state index is 11.2. The monoisotopic (exact) mass is 373 g/mol. The highest BCUT2D eigenvalue weighted by Gasteiger charge is 2.19. The van der Waals surface area contributed by atoms with E-state index in [0.717, 1.165) is 11.3 Å². The van der Waals surface area contributed by atoms with Gasteiger partial charge in [0.05, 0.1) is 9.89 Å². The Morgan fingerprint density at radius 1 is 1.42 bits per heavy atom. The van der Waals surface area contributed by atoms with Crippen molar-refractivity contribution in [1.29, 1.82) is 0 Å². The zero-order valence-electron chi connectivity index (χ0n) is 10.8. The lowest BCUT2D eigenvalue weighted by molar-refractivity contribution is -0.186. The van der Waals surface area contributed by atoms with Crippen LogP contribution in [0.25, 0.3) is 0 Å². The molecule has 9 heteroatoms. The van der Waals surface area contributed by atoms with E-state index in [1.165, 1.54) is 13.2 Å². The second kappa shape index (κ2) is 7.11. The number of ether oxygens (including phenoxy) is 3. The Balaban J connectivity index is 2.67. The first-order valence-corrected chi connectivity index (χ1v) is 8.49. The summed E-state index contributed by atoms with van der Waals surface area (Å²) in [5, 5.41) is 5.08. The summed E-state index contributed by atoms with van der Waals surface area (Å²) >= 11 is 4.35. The number of primary sulfonamides is 1. The van der Waals surface area contributed by atoms with Crippen molar-refractivity contribution in [1.82, 2.24) is 0 Å². The lowest BCUT2D eigenvalue weighted by Gasteiger charge is -2.15. The number of hydrogen-bond donors (Lipinski definition) is 1. The van der Waals surface area contributed by atoms with E-state index in [1.807, 2.05) is 0 Å². The summed E-state index contributed by atoms with van der Waals surface area (Å²) < 4.78 is 38.8. The van der Waals surface area contributed by atoms with Crippen LogP contribution in [0.2, 0.25) is 0 Å². The molecule has 1 aromatic rings. The molecular formula is C10H16BrNO5S2. The minimum atomic E-state index is -3.69. The fraction of sp³-hybridized carbons (Fsp3) is 0.600. The van der Waals surface area contributed by atoms with Crippen LogP contribution in [0, 0.1) is 0 Å². The van der Waals surface area contributed by atoms with E-state index in [1.54, 1.807) is 13.8 Å². The molecule has 0 amide bonds. The van der Waals surface area contributed by atoms with Crippen LogP contribution in [0.1, 0.15) is 25.5 Å². The summed E-state index contributed by atoms with van der Waals surface area (Å²) in [5.74, 6) is 0. The van der Waals surface area contributed by atoms with Crippen LogP contribution in [0.3, 0.4) is 0 Å². The standard InChI is InChI=1S/C10H16BrNO5S2/c1-6(16-5-17-7(2)15-3)8-4-9(18-10(8)11)19(12,13)14/h4,6-7H,5H2,1-3H3,(H2,12,13,14). The van der Waals surface area contributed by atoms with Gasteiger partial charge < -0.3 is 14.2 Å². The van der Waals surface area contributed by atoms with Crippen molar-refractivity contribution in [3.8, 4) is 0 Å². The van der Waals surface area contributed by atoms with Gasteiger partial charge in [0.1, 0.15) is 4.21 Å². The Hall–Kier alpha value is -0.0300. The van der Waals surface area contributed by atoms with E-state index in [-0.39, 0.29) is 23.4 Å². The largest absolute Gasteiger partial charge is 0.356 e. The van der Waals surface area contributed by atoms with Crippen molar-refractivity contribution in [3.05, 3.63) is 15.4 Å². The first-order chi connectivity index (χ1) is 8.75. The zero-order valence-corrected chi connectivity index (χ0v) is 14.0. The van der Waals surface area contributed by atoms with Crippen molar-refractivity contribution < 1.29 is 22.6 Å². The molecule has 0 bridgehead atoms. The molecular weight excluding hydrogens is 358 g/mol. The van der Waals surface area contributed by atoms with Gasteiger partial charge in [0.15, 0.2) is 13.1 Å². The third kappa shape index (κ3) is 5.10. The lowest BCUT2D eigenvalue weighted by Crippen LogP contribution is -2.14. The zero-order chi connectivity index (χ0) is 14.6. The molecule has 2 N–H and O–H groups in total. The number of nitrogens with two attached hydrogens (primary N) is 1. The number of sulfonamides is 1. The Morgan fingerprint density at radius 3 is 2.53 bits per heavy atom. The molecule has 0 aliphatic heterocycles. The van der Waals surface area contributed by atoms with Gasteiger partial charge in [-0.3, -0.25) is 0 Å². The minimum absolute atomic E-state index is 0.0448. The molecule has 110 valence electrons. The Morgan fingerprint density at radius 2 is 2.05 bits per heavy atom. The number of hydrogen-bond acceptors (Lipinski definition) is 6. The third-order valence-electron chi connectivity index (χ3n) is 2.36. The molecule has 0 saturated heterocycles. The van der Waals surface area contributed by atoms with E-state index >= 15 is 0 Å². The smallest absolute Gasteiger partial charge is 0.247 e. The van der Waals surface area contributed by atoms with Crippen molar-refractivity contribution in [2.75, 3.05) is 13.9 Å². The van der Waals surface area contributed by atoms with E-state index in [0.29, 0.717) is 9.35 Å². The van der Waals surface area contributed by atoms with Crippen LogP contribution in [0.5, 0.6) is 0 Å². The van der Waals surface area contributed by atoms with E-state index in [4.69, 9.17) is 19.3 Å². The SMILES string of the molecule is COC(C)OCOC(C)c1cc(S(N)(=O)=O)sc1Br. The molecule has 0 fully saturated rings. The molecule has 1 rings (SSSR count). The summed E-state index contributed by atoms with van der Waals surface area (Å²) in [5.41, 5.74) is 0.711. The van der Waals surface area contributed by atoms with Crippen LogP contribution in [0.4, 0.5) is 0 Å². The second-order valence-electron chi connectivity index (χ2n) is 3.74. The molecule has 19 heavy (non-hydrogen) atoms. The predicted octanol–water partition coefficient (Wildman–Crippen LogP) is 2.20. The summed E-state index contributed by atoms with van der Waals surface area (Å²) in [6.07, 6.45) is -0.691. The van der Waals surface area contributed by atoms with Gasteiger partial charge in [0, 0.05) is 12.7 Å². The van der Waals surface area contributed by atoms with Gasteiger partial charge in [-0.25, -0.2) is 13.6 Å². The molecule has 1 heterocycles. The average Bonchev–Trinajstić information content (AvgIpc) is 2.70. The molecule has 1 aromatic heterocycles. The van der Waals surface area contributed by atoms with Crippen LogP contribution < -0.4 is 5.14 Å². The van der Waals surface area contributed by atoms with Crippen molar-refractivity contribution in [2.45, 2.75) is 30.5 Å². The maximum atomic E-state index is 11.2. The fourth-order valence-corrected chi connectivity index (χ4v) is 4.17. The molecule has 0 aromatic carbocycles. The maximum Gasteiger partial charge on any atom is 0.247 e. The quantitative estimate of drug-likeness (QED) is 0.740. The van der Waals surface area contributed by atoms with Gasteiger partial charge in [0.25, 0.3) is 0 Å². The van der Waals surface area contributed by atoms with Crippen LogP contribution in [-0.2, 0) is 24.2 Å². The summed E-state index contributed by atoms with van der Waals surface area (Å²) in [6, 6.07) is 1.49. The molecule has 0 saturated carbocycles. The predicted molar refractivity (Wildman–Crippen MR) is 75.3 cm³/mol. The number of methoxy groups -OCH3 is 1. The summed E-state index contributed by atoms with van der Waals surface area (Å²) in [6.45, 7) is 3.58. The summed E-state index contributed by atoms with van der Waals surface area (Å²) in [4.78, 5) is 0. The van der Waals surface area contributed by atoms with Crippen LogP contribution >= 0.6 is 27.3 Å². The Labute approximate surface area is 125 Å². The van der Waals surface area contributed by atoms with Gasteiger partial charge in [-0.1, -0.05) is 0 Å².